The van der Waals surface area contributed by atoms with Gasteiger partial charge in [-0.3, -0.25) is 0 Å². The minimum absolute atomic E-state index is 0. The van der Waals surface area contributed by atoms with Gasteiger partial charge in [-0.05, 0) is 25.7 Å². The fourth-order valence-corrected chi connectivity index (χ4v) is 0.816. The summed E-state index contributed by atoms with van der Waals surface area (Å²) in [4.78, 5) is 38.0. The zero-order valence-electron chi connectivity index (χ0n) is 18.9. The Hall–Kier alpha value is 4.43. The Kier molecular flexibility index (Phi) is 93.5. The summed E-state index contributed by atoms with van der Waals surface area (Å²) in [5.41, 5.74) is 0. The molecule has 0 rings (SSSR count). The number of rotatable bonds is 8. The first kappa shape index (κ1) is 53.7. The largest absolute Gasteiger partial charge is 1.00 e. The maximum Gasteiger partial charge on any atom is 1.00 e. The fourth-order valence-electron chi connectivity index (χ4n) is 0.816. The van der Waals surface area contributed by atoms with Crippen LogP contribution in [-0.2, 0) is 19.2 Å². The molecule has 0 saturated heterocycles. The van der Waals surface area contributed by atoms with Gasteiger partial charge in [0, 0.05) is 23.9 Å². The molecule has 0 aliphatic rings. The summed E-state index contributed by atoms with van der Waals surface area (Å²) in [5.74, 6) is -3.84. The average Bonchev–Trinajstić information content (AvgIpc) is 2.39. The quantitative estimate of drug-likeness (QED) is 0.294. The van der Waals surface area contributed by atoms with Crippen LogP contribution < -0.4 is 226 Å². The van der Waals surface area contributed by atoms with Crippen LogP contribution >= 0.6 is 0 Å². The molecule has 0 N–H and O–H groups in total. The van der Waals surface area contributed by atoms with Crippen LogP contribution in [0.4, 0.5) is 0 Å². The van der Waals surface area contributed by atoms with Crippen LogP contribution in [0.15, 0.2) is 0 Å². The summed E-state index contributed by atoms with van der Waals surface area (Å²) in [5, 5.41) is 38.0. The van der Waals surface area contributed by atoms with Crippen molar-refractivity contribution >= 4 is 23.9 Å². The van der Waals surface area contributed by atoms with E-state index < -0.39 is 23.9 Å². The summed E-state index contributed by atoms with van der Waals surface area (Å²) in [6, 6.07) is 0. The van der Waals surface area contributed by atoms with Gasteiger partial charge in [-0.2, -0.15) is 0 Å². The van der Waals surface area contributed by atoms with Crippen molar-refractivity contribution in [2.45, 2.75) is 79.1 Å². The monoisotopic (exact) mass is 504 g/mol. The molecular weight excluding hydrogens is 477 g/mol. The van der Waals surface area contributed by atoms with Crippen molar-refractivity contribution in [2.24, 2.45) is 0 Å². The van der Waals surface area contributed by atoms with Crippen LogP contribution in [0.3, 0.4) is 0 Å². The van der Waals surface area contributed by atoms with E-state index >= 15 is 0 Å². The van der Waals surface area contributed by atoms with E-state index in [0.29, 0.717) is 25.7 Å². The van der Waals surface area contributed by atoms with Crippen LogP contribution in [0.5, 0.6) is 0 Å². The van der Waals surface area contributed by atoms with E-state index in [1.54, 1.807) is 27.7 Å². The molecule has 144 valence electrons. The molecule has 0 bridgehead atoms. The number of hydrogen-bond donors (Lipinski definition) is 0. The summed E-state index contributed by atoms with van der Waals surface area (Å²) < 4.78 is 0. The van der Waals surface area contributed by atoms with Crippen LogP contribution in [0.25, 0.3) is 0 Å². The van der Waals surface area contributed by atoms with Gasteiger partial charge in [-0.15, -0.1) is 0 Å². The van der Waals surface area contributed by atoms with Crippen molar-refractivity contribution in [1.29, 1.82) is 0 Å². The maximum atomic E-state index is 9.49. The van der Waals surface area contributed by atoms with E-state index in [-0.39, 0.29) is 231 Å². The van der Waals surface area contributed by atoms with Crippen molar-refractivity contribution in [1.82, 2.24) is 0 Å². The van der Waals surface area contributed by atoms with E-state index in [9.17, 15) is 39.6 Å². The van der Waals surface area contributed by atoms with Crippen molar-refractivity contribution in [3.8, 4) is 0 Å². The van der Waals surface area contributed by atoms with Gasteiger partial charge in [0.25, 0.3) is 0 Å². The fraction of sp³-hybridized carbons (Fsp3) is 0.750. The van der Waals surface area contributed by atoms with Gasteiger partial charge in [0.2, 0.25) is 0 Å². The Labute approximate surface area is 339 Å². The minimum atomic E-state index is -0.961. The predicted molar refractivity (Wildman–Crippen MR) is 79.7 cm³/mol. The molecule has 0 spiro atoms. The molecule has 0 saturated carbocycles. The zero-order valence-corrected chi connectivity index (χ0v) is 31.4. The standard InChI is InChI=1S/4C4H8O2.4K/c4*1-2-3-4(5)6;;;;/h4*2-3H2,1H3,(H,5,6);;;;/q;;;;4*+1/p-4. The molecule has 0 aromatic rings. The first-order chi connectivity index (χ1) is 11.1. The molecule has 0 unspecified atom stereocenters. The smallest absolute Gasteiger partial charge is 0.550 e. The second kappa shape index (κ2) is 48.8. The number of carboxylic acids is 4. The third-order valence-electron chi connectivity index (χ3n) is 1.82. The second-order valence-corrected chi connectivity index (χ2v) is 4.49. The first-order valence-corrected chi connectivity index (χ1v) is 7.88. The van der Waals surface area contributed by atoms with E-state index in [1.165, 1.54) is 0 Å². The normalized spacial score (nSPS) is 7.00. The van der Waals surface area contributed by atoms with E-state index in [0.717, 1.165) is 0 Å². The Morgan fingerprint density at radius 3 is 0.536 bits per heavy atom. The third-order valence-corrected chi connectivity index (χ3v) is 1.82. The SMILES string of the molecule is CCCC(=O)[O-].CCCC(=O)[O-].CCCC(=O)[O-].CCCC(=O)[O-].[K+].[K+].[K+].[K+]. The summed E-state index contributed by atoms with van der Waals surface area (Å²) >= 11 is 0. The Morgan fingerprint density at radius 1 is 0.429 bits per heavy atom. The van der Waals surface area contributed by atoms with Gasteiger partial charge in [-0.1, -0.05) is 53.4 Å². The van der Waals surface area contributed by atoms with Gasteiger partial charge in [0.15, 0.2) is 0 Å². The summed E-state index contributed by atoms with van der Waals surface area (Å²) in [6.45, 7) is 7.21. The third kappa shape index (κ3) is 97.6. The molecule has 12 heteroatoms. The number of carbonyl (C=O) groups excluding carboxylic acids is 4. The summed E-state index contributed by atoms with van der Waals surface area (Å²) in [6.07, 6.45) is 3.40. The van der Waals surface area contributed by atoms with Gasteiger partial charge in [-0.25, -0.2) is 0 Å². The molecule has 0 aliphatic heterocycles. The van der Waals surface area contributed by atoms with Gasteiger partial charge < -0.3 is 39.6 Å². The van der Waals surface area contributed by atoms with Crippen LogP contribution in [0.2, 0.25) is 0 Å². The molecule has 0 radical (unpaired) electrons. The molecule has 0 amide bonds. The number of carbonyl (C=O) groups is 4. The van der Waals surface area contributed by atoms with Gasteiger partial charge >= 0.3 is 206 Å². The van der Waals surface area contributed by atoms with Crippen molar-refractivity contribution < 1.29 is 245 Å². The molecule has 0 aromatic heterocycles. The number of aliphatic carboxylic acids is 4. The van der Waals surface area contributed by atoms with E-state index in [4.69, 9.17) is 0 Å². The zero-order chi connectivity index (χ0) is 20.0. The van der Waals surface area contributed by atoms with Crippen molar-refractivity contribution in [3.05, 3.63) is 0 Å². The van der Waals surface area contributed by atoms with Crippen molar-refractivity contribution in [2.75, 3.05) is 0 Å². The van der Waals surface area contributed by atoms with E-state index in [1.807, 2.05) is 0 Å². The van der Waals surface area contributed by atoms with Gasteiger partial charge in [0.05, 0.1) is 0 Å². The second-order valence-electron chi connectivity index (χ2n) is 4.49. The molecule has 0 aliphatic carbocycles. The molecular formula is C16H28K4O8. The topological polar surface area (TPSA) is 161 Å². The molecule has 8 nitrogen and oxygen atoms in total. The Balaban J connectivity index is -0.0000000303. The predicted octanol–water partition coefficient (Wildman–Crippen LogP) is -13.8. The first-order valence-electron chi connectivity index (χ1n) is 7.88. The van der Waals surface area contributed by atoms with Gasteiger partial charge in [0.1, 0.15) is 0 Å². The van der Waals surface area contributed by atoms with Crippen molar-refractivity contribution in [3.63, 3.8) is 0 Å². The van der Waals surface area contributed by atoms with E-state index in [2.05, 4.69) is 0 Å². The number of hydrogen-bond acceptors (Lipinski definition) is 8. The Bertz CT molecular complexity index is 279. The summed E-state index contributed by atoms with van der Waals surface area (Å²) in [7, 11) is 0. The maximum absolute atomic E-state index is 9.49. The average molecular weight is 505 g/mol. The molecule has 0 heterocycles. The van der Waals surface area contributed by atoms with Crippen LogP contribution in [0, 0.1) is 0 Å². The van der Waals surface area contributed by atoms with Crippen LogP contribution in [0.1, 0.15) is 79.1 Å². The molecule has 0 atom stereocenters. The van der Waals surface area contributed by atoms with Crippen LogP contribution in [-0.4, -0.2) is 23.9 Å². The Morgan fingerprint density at radius 2 is 0.536 bits per heavy atom. The molecule has 0 fully saturated rings. The molecule has 28 heavy (non-hydrogen) atoms. The number of carboxylic acid groups (broad SMARTS) is 4. The minimum Gasteiger partial charge on any atom is -0.550 e. The molecule has 0 aromatic carbocycles.